The molecule has 1 aromatic heterocycles. The maximum Gasteiger partial charge on any atom is 0.261 e. The van der Waals surface area contributed by atoms with Crippen molar-refractivity contribution >= 4 is 39.3 Å². The van der Waals surface area contributed by atoms with Gasteiger partial charge in [-0.2, -0.15) is 4.37 Å². The number of anilines is 1. The van der Waals surface area contributed by atoms with Crippen LogP contribution in [0.1, 0.15) is 31.8 Å². The fourth-order valence-electron chi connectivity index (χ4n) is 5.85. The normalized spacial score (nSPS) is 15.7. The van der Waals surface area contributed by atoms with Crippen LogP contribution in [0.3, 0.4) is 0 Å². The second-order valence-electron chi connectivity index (χ2n) is 10.3. The van der Waals surface area contributed by atoms with Gasteiger partial charge in [0.2, 0.25) is 0 Å². The summed E-state index contributed by atoms with van der Waals surface area (Å²) < 4.78 is 5.98. The van der Waals surface area contributed by atoms with Gasteiger partial charge in [0.25, 0.3) is 11.8 Å². The van der Waals surface area contributed by atoms with Crippen molar-refractivity contribution in [2.45, 2.75) is 13.1 Å². The number of fused-ring (bicyclic) bond motifs is 2. The lowest BCUT2D eigenvalue weighted by Crippen LogP contribution is -2.46. The predicted molar refractivity (Wildman–Crippen MR) is 160 cm³/mol. The molecule has 1 saturated heterocycles. The Kier molecular flexibility index (Phi) is 6.38. The van der Waals surface area contributed by atoms with Crippen molar-refractivity contribution in [1.82, 2.24) is 14.2 Å². The van der Waals surface area contributed by atoms with E-state index in [9.17, 15) is 9.59 Å². The first kappa shape index (κ1) is 24.7. The fraction of sp³-hybridized carbons (Fsp3) is 0.182. The first-order chi connectivity index (χ1) is 19.7. The average Bonchev–Trinajstić information content (AvgIpc) is 3.54. The van der Waals surface area contributed by atoms with Crippen LogP contribution in [0.15, 0.2) is 97.1 Å². The maximum atomic E-state index is 13.1. The quantitative estimate of drug-likeness (QED) is 0.243. The molecule has 7 heteroatoms. The number of rotatable bonds is 6. The largest absolute Gasteiger partial charge is 0.353 e. The number of hydrogen-bond donors (Lipinski definition) is 0. The Hall–Kier alpha value is -4.33. The molecule has 4 aromatic carbocycles. The van der Waals surface area contributed by atoms with Gasteiger partial charge in [0.05, 0.1) is 22.4 Å². The fourth-order valence-corrected chi connectivity index (χ4v) is 6.65. The van der Waals surface area contributed by atoms with Gasteiger partial charge in [0.15, 0.2) is 0 Å². The first-order valence-corrected chi connectivity index (χ1v) is 14.4. The Morgan fingerprint density at radius 1 is 0.600 bits per heavy atom. The van der Waals surface area contributed by atoms with Crippen molar-refractivity contribution in [3.05, 3.63) is 119 Å². The van der Waals surface area contributed by atoms with E-state index < -0.39 is 0 Å². The highest BCUT2D eigenvalue weighted by Crippen LogP contribution is 2.33. The molecular weight excluding hydrogens is 516 g/mol. The molecule has 40 heavy (non-hydrogen) atoms. The van der Waals surface area contributed by atoms with Crippen molar-refractivity contribution < 1.29 is 9.59 Å². The van der Waals surface area contributed by atoms with E-state index in [1.807, 2.05) is 18.2 Å². The van der Waals surface area contributed by atoms with Crippen molar-refractivity contribution in [3.63, 3.8) is 0 Å². The van der Waals surface area contributed by atoms with Crippen LogP contribution in [0, 0.1) is 0 Å². The van der Waals surface area contributed by atoms with E-state index in [1.165, 1.54) is 20.5 Å². The molecule has 0 atom stereocenters. The number of piperazine rings is 1. The Bertz CT molecular complexity index is 1700. The number of carbonyl (C=O) groups excluding carboxylic acids is 2. The molecule has 0 bridgehead atoms. The molecule has 198 valence electrons. The Balaban J connectivity index is 1.10. The minimum atomic E-state index is -0.227. The summed E-state index contributed by atoms with van der Waals surface area (Å²) in [4.78, 5) is 32.4. The second-order valence-corrected chi connectivity index (χ2v) is 11.1. The van der Waals surface area contributed by atoms with Gasteiger partial charge in [-0.1, -0.05) is 72.8 Å². The highest BCUT2D eigenvalue weighted by Gasteiger charge is 2.35. The summed E-state index contributed by atoms with van der Waals surface area (Å²) in [6.45, 7) is 4.87. The molecule has 2 aliphatic heterocycles. The molecule has 0 N–H and O–H groups in total. The monoisotopic (exact) mass is 544 g/mol. The van der Waals surface area contributed by atoms with Crippen LogP contribution in [-0.2, 0) is 13.1 Å². The van der Waals surface area contributed by atoms with E-state index in [-0.39, 0.29) is 18.4 Å². The van der Waals surface area contributed by atoms with Gasteiger partial charge >= 0.3 is 0 Å². The summed E-state index contributed by atoms with van der Waals surface area (Å²) in [7, 11) is 0. The Morgan fingerprint density at radius 3 is 1.77 bits per heavy atom. The van der Waals surface area contributed by atoms with Crippen LogP contribution >= 0.6 is 11.5 Å². The van der Waals surface area contributed by atoms with E-state index in [0.717, 1.165) is 55.2 Å². The molecule has 0 spiro atoms. The van der Waals surface area contributed by atoms with E-state index in [2.05, 4.69) is 64.4 Å². The van der Waals surface area contributed by atoms with Gasteiger partial charge in [-0.3, -0.25) is 19.4 Å². The zero-order chi connectivity index (χ0) is 27.1. The van der Waals surface area contributed by atoms with Gasteiger partial charge in [-0.15, -0.1) is 0 Å². The molecule has 1 fully saturated rings. The van der Waals surface area contributed by atoms with E-state index >= 15 is 0 Å². The van der Waals surface area contributed by atoms with E-state index in [4.69, 9.17) is 4.37 Å². The summed E-state index contributed by atoms with van der Waals surface area (Å²) in [5.74, 6) is 0.645. The van der Waals surface area contributed by atoms with Crippen LogP contribution in [0.5, 0.6) is 0 Å². The predicted octanol–water partition coefficient (Wildman–Crippen LogP) is 6.08. The van der Waals surface area contributed by atoms with Gasteiger partial charge in [0.1, 0.15) is 5.82 Å². The van der Waals surface area contributed by atoms with Crippen LogP contribution in [-0.4, -0.2) is 52.2 Å². The van der Waals surface area contributed by atoms with Crippen molar-refractivity contribution in [2.75, 3.05) is 31.1 Å². The van der Waals surface area contributed by atoms with Gasteiger partial charge in [-0.05, 0) is 58.1 Å². The van der Waals surface area contributed by atoms with Crippen molar-refractivity contribution in [2.24, 2.45) is 0 Å². The van der Waals surface area contributed by atoms with E-state index in [1.54, 1.807) is 35.8 Å². The Morgan fingerprint density at radius 2 is 1.12 bits per heavy atom. The van der Waals surface area contributed by atoms with Gasteiger partial charge < -0.3 is 4.90 Å². The van der Waals surface area contributed by atoms with Crippen molar-refractivity contribution in [3.8, 4) is 11.1 Å². The highest BCUT2D eigenvalue weighted by molar-refractivity contribution is 7.13. The third-order valence-electron chi connectivity index (χ3n) is 7.96. The zero-order valence-corrected chi connectivity index (χ0v) is 22.8. The smallest absolute Gasteiger partial charge is 0.261 e. The number of amides is 2. The van der Waals surface area contributed by atoms with Crippen LogP contribution < -0.4 is 4.90 Å². The minimum absolute atomic E-state index is 0.227. The third kappa shape index (κ3) is 4.37. The third-order valence-corrected chi connectivity index (χ3v) is 8.77. The van der Waals surface area contributed by atoms with Gasteiger partial charge in [-0.25, -0.2) is 0 Å². The first-order valence-electron chi connectivity index (χ1n) is 13.6. The highest BCUT2D eigenvalue weighted by atomic mass is 32.1. The molecule has 6 nitrogen and oxygen atoms in total. The van der Waals surface area contributed by atoms with Crippen molar-refractivity contribution in [1.29, 1.82) is 0 Å². The maximum absolute atomic E-state index is 13.1. The molecule has 2 amide bonds. The van der Waals surface area contributed by atoms with Crippen LogP contribution in [0.4, 0.5) is 5.82 Å². The number of imide groups is 1. The van der Waals surface area contributed by atoms with Crippen LogP contribution in [0.2, 0.25) is 0 Å². The molecule has 0 unspecified atom stereocenters. The van der Waals surface area contributed by atoms with E-state index in [0.29, 0.717) is 11.1 Å². The molecule has 0 saturated carbocycles. The zero-order valence-electron chi connectivity index (χ0n) is 22.0. The number of nitrogens with zero attached hydrogens (tertiary/aromatic N) is 4. The van der Waals surface area contributed by atoms with Crippen LogP contribution in [0.25, 0.3) is 21.2 Å². The lowest BCUT2D eigenvalue weighted by molar-refractivity contribution is 0.0642. The molecule has 0 aliphatic carbocycles. The number of aromatic nitrogens is 1. The lowest BCUT2D eigenvalue weighted by Gasteiger charge is -2.35. The lowest BCUT2D eigenvalue weighted by atomic mass is 9.94. The standard InChI is InChI=1S/C33H28N4O2S/c38-32-27-13-5-6-14-28(27)33(39)37(32)22-24-10-2-4-12-26(24)25-11-3-1-9-23(25)21-35-17-19-36(20-18-35)31-29-15-7-8-16-30(29)40-34-31/h1-16H,17-22H2. The van der Waals surface area contributed by atoms with Gasteiger partial charge in [0, 0.05) is 38.1 Å². The average molecular weight is 545 g/mol. The molecule has 0 radical (unpaired) electrons. The molecule has 7 rings (SSSR count). The SMILES string of the molecule is O=C1c2ccccc2C(=O)N1Cc1ccccc1-c1ccccc1CN1CCN(c2nsc3ccccc23)CC1. The topological polar surface area (TPSA) is 56.8 Å². The minimum Gasteiger partial charge on any atom is -0.353 e. The summed E-state index contributed by atoms with van der Waals surface area (Å²) in [6, 6.07) is 32.1. The molecule has 3 heterocycles. The summed E-state index contributed by atoms with van der Waals surface area (Å²) >= 11 is 1.57. The molecule has 2 aliphatic rings. The number of carbonyl (C=O) groups is 2. The summed E-state index contributed by atoms with van der Waals surface area (Å²) in [5.41, 5.74) is 5.37. The Labute approximate surface area is 237 Å². The summed E-state index contributed by atoms with van der Waals surface area (Å²) in [5, 5.41) is 1.24. The number of hydrogen-bond acceptors (Lipinski definition) is 6. The molecule has 5 aromatic rings. The summed E-state index contributed by atoms with van der Waals surface area (Å²) in [6.07, 6.45) is 0. The molecular formula is C33H28N4O2S. The number of benzene rings is 4. The second kappa shape index (κ2) is 10.3.